The van der Waals surface area contributed by atoms with Gasteiger partial charge in [0.2, 0.25) is 0 Å². The van der Waals surface area contributed by atoms with E-state index in [0.717, 1.165) is 37.3 Å². The van der Waals surface area contributed by atoms with E-state index in [0.29, 0.717) is 6.61 Å². The maximum absolute atomic E-state index is 13.4. The van der Waals surface area contributed by atoms with Gasteiger partial charge in [0.1, 0.15) is 5.82 Å². The number of benzene rings is 2. The second-order valence-electron chi connectivity index (χ2n) is 8.02. The number of methoxy groups -OCH3 is 1. The standard InChI is InChI=1S/C24H24FN3OS/c1-29-17-24-14-18-15-26-28(21-9-7-20(25)8-10-21)23(18)13-19(24)11-12-27(16-24)30-22-5-3-2-4-6-22/h2-10,13,15H,11-12,14,16-17H2,1H3/t24-/m1/s1. The average Bonchev–Trinajstić information content (AvgIpc) is 3.15. The molecule has 1 aromatic heterocycles. The molecule has 1 atom stereocenters. The molecule has 5 rings (SSSR count). The van der Waals surface area contributed by atoms with E-state index in [-0.39, 0.29) is 11.2 Å². The predicted octanol–water partition coefficient (Wildman–Crippen LogP) is 5.00. The first kappa shape index (κ1) is 19.5. The van der Waals surface area contributed by atoms with Gasteiger partial charge < -0.3 is 4.74 Å². The number of nitrogens with zero attached hydrogens (tertiary/aromatic N) is 3. The van der Waals surface area contributed by atoms with Crippen LogP contribution in [0, 0.1) is 11.2 Å². The molecule has 0 amide bonds. The molecule has 0 unspecified atom stereocenters. The molecule has 1 saturated heterocycles. The highest BCUT2D eigenvalue weighted by Crippen LogP contribution is 2.46. The molecule has 0 N–H and O–H groups in total. The Labute approximate surface area is 180 Å². The molecule has 2 aromatic carbocycles. The van der Waals surface area contributed by atoms with Gasteiger partial charge in [-0.3, -0.25) is 0 Å². The van der Waals surface area contributed by atoms with Crippen molar-refractivity contribution in [2.24, 2.45) is 5.41 Å². The second-order valence-corrected chi connectivity index (χ2v) is 9.19. The van der Waals surface area contributed by atoms with Crippen LogP contribution in [0.4, 0.5) is 4.39 Å². The van der Waals surface area contributed by atoms with E-state index in [4.69, 9.17) is 4.74 Å². The Bertz CT molecular complexity index is 1060. The van der Waals surface area contributed by atoms with E-state index in [2.05, 4.69) is 45.8 Å². The van der Waals surface area contributed by atoms with Crippen LogP contribution in [0.1, 0.15) is 17.7 Å². The zero-order valence-electron chi connectivity index (χ0n) is 16.9. The summed E-state index contributed by atoms with van der Waals surface area (Å²) < 4.78 is 23.4. The fourth-order valence-corrected chi connectivity index (χ4v) is 5.67. The molecule has 1 fully saturated rings. The third kappa shape index (κ3) is 3.60. The van der Waals surface area contributed by atoms with Crippen molar-refractivity contribution in [3.05, 3.63) is 83.4 Å². The SMILES string of the molecule is COC[C@]12Cc3cnn(-c4ccc(F)cc4)c3C=C1CCN(Sc1ccccc1)C2. The van der Waals surface area contributed by atoms with E-state index in [1.54, 1.807) is 19.2 Å². The van der Waals surface area contributed by atoms with Gasteiger partial charge in [-0.15, -0.1) is 0 Å². The highest BCUT2D eigenvalue weighted by atomic mass is 32.2. The molecule has 154 valence electrons. The Morgan fingerprint density at radius 2 is 1.93 bits per heavy atom. The molecular formula is C24H24FN3OS. The first-order chi connectivity index (χ1) is 14.7. The third-order valence-electron chi connectivity index (χ3n) is 5.99. The average molecular weight is 422 g/mol. The van der Waals surface area contributed by atoms with E-state index >= 15 is 0 Å². The highest BCUT2D eigenvalue weighted by Gasteiger charge is 2.43. The Morgan fingerprint density at radius 1 is 1.13 bits per heavy atom. The smallest absolute Gasteiger partial charge is 0.123 e. The Hall–Kier alpha value is -2.41. The summed E-state index contributed by atoms with van der Waals surface area (Å²) in [6, 6.07) is 17.0. The summed E-state index contributed by atoms with van der Waals surface area (Å²) in [5.74, 6) is -0.236. The summed E-state index contributed by atoms with van der Waals surface area (Å²) in [6.07, 6.45) is 6.14. The number of fused-ring (bicyclic) bond motifs is 2. The van der Waals surface area contributed by atoms with E-state index in [9.17, 15) is 4.39 Å². The van der Waals surface area contributed by atoms with Gasteiger partial charge in [-0.2, -0.15) is 5.10 Å². The molecule has 2 aliphatic rings. The molecule has 0 spiro atoms. The maximum atomic E-state index is 13.4. The number of hydrogen-bond acceptors (Lipinski definition) is 4. The van der Waals surface area contributed by atoms with Gasteiger partial charge in [0.05, 0.1) is 24.2 Å². The van der Waals surface area contributed by atoms with Crippen molar-refractivity contribution in [2.45, 2.75) is 17.7 Å². The number of rotatable bonds is 5. The molecule has 1 aliphatic heterocycles. The van der Waals surface area contributed by atoms with Crippen LogP contribution in [-0.4, -0.2) is 40.9 Å². The van der Waals surface area contributed by atoms with Crippen LogP contribution in [0.3, 0.4) is 0 Å². The lowest BCUT2D eigenvalue weighted by atomic mass is 9.69. The van der Waals surface area contributed by atoms with E-state index in [1.807, 2.05) is 22.8 Å². The summed E-state index contributed by atoms with van der Waals surface area (Å²) >= 11 is 1.82. The van der Waals surface area contributed by atoms with E-state index < -0.39 is 0 Å². The van der Waals surface area contributed by atoms with Crippen LogP contribution in [0.25, 0.3) is 11.8 Å². The summed E-state index contributed by atoms with van der Waals surface area (Å²) in [5.41, 5.74) is 4.58. The number of halogens is 1. The van der Waals surface area contributed by atoms with Crippen LogP contribution in [-0.2, 0) is 11.2 Å². The Morgan fingerprint density at radius 3 is 2.70 bits per heavy atom. The van der Waals surface area contributed by atoms with Crippen LogP contribution < -0.4 is 0 Å². The van der Waals surface area contributed by atoms with Gasteiger partial charge >= 0.3 is 0 Å². The van der Waals surface area contributed by atoms with Gasteiger partial charge in [0.15, 0.2) is 0 Å². The molecule has 0 radical (unpaired) electrons. The van der Waals surface area contributed by atoms with Crippen molar-refractivity contribution in [1.29, 1.82) is 0 Å². The van der Waals surface area contributed by atoms with Crippen LogP contribution in [0.15, 0.2) is 71.3 Å². The molecule has 6 heteroatoms. The van der Waals surface area contributed by atoms with Gasteiger partial charge in [-0.05, 0) is 72.8 Å². The van der Waals surface area contributed by atoms with Crippen molar-refractivity contribution >= 4 is 18.0 Å². The summed E-state index contributed by atoms with van der Waals surface area (Å²) in [6.45, 7) is 2.62. The molecule has 30 heavy (non-hydrogen) atoms. The number of ether oxygens (including phenoxy) is 1. The van der Waals surface area contributed by atoms with Crippen LogP contribution in [0.5, 0.6) is 0 Å². The van der Waals surface area contributed by atoms with Crippen molar-refractivity contribution in [3.8, 4) is 5.69 Å². The second kappa shape index (κ2) is 8.02. The van der Waals surface area contributed by atoms with Gasteiger partial charge in [-0.1, -0.05) is 23.8 Å². The highest BCUT2D eigenvalue weighted by molar-refractivity contribution is 7.97. The summed E-state index contributed by atoms with van der Waals surface area (Å²) in [5, 5.41) is 4.62. The fraction of sp³-hybridized carbons (Fsp3) is 0.292. The van der Waals surface area contributed by atoms with Crippen molar-refractivity contribution in [2.75, 3.05) is 26.8 Å². The lowest BCUT2D eigenvalue weighted by molar-refractivity contribution is 0.0758. The van der Waals surface area contributed by atoms with E-state index in [1.165, 1.54) is 28.2 Å². The van der Waals surface area contributed by atoms with Crippen molar-refractivity contribution < 1.29 is 9.13 Å². The third-order valence-corrected chi connectivity index (χ3v) is 7.04. The quantitative estimate of drug-likeness (QED) is 0.543. The molecule has 2 heterocycles. The largest absolute Gasteiger partial charge is 0.384 e. The van der Waals surface area contributed by atoms with Crippen LogP contribution in [0.2, 0.25) is 0 Å². The molecule has 0 saturated carbocycles. The molecule has 3 aromatic rings. The van der Waals surface area contributed by atoms with Gasteiger partial charge in [-0.25, -0.2) is 13.4 Å². The molecular weight excluding hydrogens is 397 g/mol. The van der Waals surface area contributed by atoms with Crippen LogP contribution >= 0.6 is 11.9 Å². The lowest BCUT2D eigenvalue weighted by Gasteiger charge is -2.45. The zero-order valence-corrected chi connectivity index (χ0v) is 17.7. The maximum Gasteiger partial charge on any atom is 0.123 e. The number of hydrogen-bond donors (Lipinski definition) is 0. The summed E-state index contributed by atoms with van der Waals surface area (Å²) in [7, 11) is 1.78. The molecule has 1 aliphatic carbocycles. The Balaban J connectivity index is 1.45. The lowest BCUT2D eigenvalue weighted by Crippen LogP contribution is -2.47. The fourth-order valence-electron chi connectivity index (χ4n) is 4.60. The molecule has 0 bridgehead atoms. The first-order valence-corrected chi connectivity index (χ1v) is 10.9. The van der Waals surface area contributed by atoms with Gasteiger partial charge in [0, 0.05) is 30.5 Å². The van der Waals surface area contributed by atoms with Gasteiger partial charge in [0.25, 0.3) is 0 Å². The van der Waals surface area contributed by atoms with Crippen molar-refractivity contribution in [3.63, 3.8) is 0 Å². The zero-order chi connectivity index (χ0) is 20.6. The predicted molar refractivity (Wildman–Crippen MR) is 118 cm³/mol. The number of piperidine rings is 1. The Kier molecular flexibility index (Phi) is 5.23. The minimum absolute atomic E-state index is 0.0432. The normalized spacial score (nSPS) is 21.1. The monoisotopic (exact) mass is 421 g/mol. The molecule has 4 nitrogen and oxygen atoms in total. The summed E-state index contributed by atoms with van der Waals surface area (Å²) in [4.78, 5) is 1.26. The number of aromatic nitrogens is 2. The minimum atomic E-state index is -0.236. The van der Waals surface area contributed by atoms with Crippen molar-refractivity contribution in [1.82, 2.24) is 14.1 Å². The minimum Gasteiger partial charge on any atom is -0.384 e. The first-order valence-electron chi connectivity index (χ1n) is 10.2. The topological polar surface area (TPSA) is 30.3 Å².